The molecule has 0 radical (unpaired) electrons. The van der Waals surface area contributed by atoms with Crippen LogP contribution >= 0.6 is 11.6 Å². The molecule has 1 aromatic heterocycles. The van der Waals surface area contributed by atoms with E-state index in [4.69, 9.17) is 21.1 Å². The Morgan fingerprint density at radius 3 is 2.62 bits per heavy atom. The number of ether oxygens (including phenoxy) is 2. The number of aromatic nitrogens is 1. The van der Waals surface area contributed by atoms with E-state index in [2.05, 4.69) is 4.98 Å². The number of rotatable bonds is 1. The van der Waals surface area contributed by atoms with Gasteiger partial charge in [0, 0.05) is 11.8 Å². The normalized spacial score (nSPS) is 20.5. The third-order valence-electron chi connectivity index (χ3n) is 2.09. The SMILES string of the molecule is CC1(c2ccc(Cl)nc2)OCCO1. The lowest BCUT2D eigenvalue weighted by atomic mass is 10.1. The fourth-order valence-electron chi connectivity index (χ4n) is 1.33. The minimum absolute atomic E-state index is 0.477. The molecule has 1 aromatic rings. The van der Waals surface area contributed by atoms with E-state index in [0.717, 1.165) is 5.56 Å². The number of pyridine rings is 1. The van der Waals surface area contributed by atoms with Gasteiger partial charge < -0.3 is 9.47 Å². The molecule has 0 bridgehead atoms. The number of halogens is 1. The Morgan fingerprint density at radius 1 is 1.38 bits per heavy atom. The Bertz CT molecular complexity index is 293. The highest BCUT2D eigenvalue weighted by atomic mass is 35.5. The number of hydrogen-bond acceptors (Lipinski definition) is 3. The fraction of sp³-hybridized carbons (Fsp3) is 0.444. The van der Waals surface area contributed by atoms with Crippen molar-refractivity contribution >= 4 is 11.6 Å². The van der Waals surface area contributed by atoms with Crippen molar-refractivity contribution in [1.29, 1.82) is 0 Å². The van der Waals surface area contributed by atoms with Crippen LogP contribution in [0.1, 0.15) is 12.5 Å². The quantitative estimate of drug-likeness (QED) is 0.648. The summed E-state index contributed by atoms with van der Waals surface area (Å²) in [5, 5.41) is 0.477. The minimum Gasteiger partial charge on any atom is -0.344 e. The monoisotopic (exact) mass is 199 g/mol. The van der Waals surface area contributed by atoms with E-state index in [0.29, 0.717) is 18.4 Å². The highest BCUT2D eigenvalue weighted by Gasteiger charge is 2.33. The lowest BCUT2D eigenvalue weighted by molar-refractivity contribution is -0.149. The van der Waals surface area contributed by atoms with E-state index in [-0.39, 0.29) is 0 Å². The van der Waals surface area contributed by atoms with Gasteiger partial charge in [0.25, 0.3) is 0 Å². The van der Waals surface area contributed by atoms with Crippen LogP contribution in [-0.2, 0) is 15.3 Å². The van der Waals surface area contributed by atoms with Gasteiger partial charge in [-0.25, -0.2) is 4.98 Å². The van der Waals surface area contributed by atoms with Crippen LogP contribution in [0.3, 0.4) is 0 Å². The average molecular weight is 200 g/mol. The van der Waals surface area contributed by atoms with Gasteiger partial charge in [0.15, 0.2) is 5.79 Å². The second-order valence-corrected chi connectivity index (χ2v) is 3.40. The Balaban J connectivity index is 2.29. The first-order chi connectivity index (χ1) is 6.21. The zero-order valence-electron chi connectivity index (χ0n) is 7.29. The minimum atomic E-state index is -0.641. The van der Waals surface area contributed by atoms with Gasteiger partial charge >= 0.3 is 0 Å². The molecule has 70 valence electrons. The van der Waals surface area contributed by atoms with Gasteiger partial charge in [-0.1, -0.05) is 11.6 Å². The van der Waals surface area contributed by atoms with E-state index in [9.17, 15) is 0 Å². The second kappa shape index (κ2) is 3.25. The summed E-state index contributed by atoms with van der Waals surface area (Å²) >= 11 is 5.67. The topological polar surface area (TPSA) is 31.4 Å². The van der Waals surface area contributed by atoms with Gasteiger partial charge in [0.1, 0.15) is 5.15 Å². The van der Waals surface area contributed by atoms with Gasteiger partial charge in [-0.05, 0) is 19.1 Å². The van der Waals surface area contributed by atoms with Crippen LogP contribution in [0.2, 0.25) is 5.15 Å². The van der Waals surface area contributed by atoms with Crippen molar-refractivity contribution in [3.05, 3.63) is 29.0 Å². The summed E-state index contributed by atoms with van der Waals surface area (Å²) < 4.78 is 10.9. The van der Waals surface area contributed by atoms with Gasteiger partial charge in [-0.3, -0.25) is 0 Å². The van der Waals surface area contributed by atoms with Gasteiger partial charge in [-0.15, -0.1) is 0 Å². The highest BCUT2D eigenvalue weighted by molar-refractivity contribution is 6.29. The molecule has 1 aliphatic rings. The third-order valence-corrected chi connectivity index (χ3v) is 2.31. The molecule has 13 heavy (non-hydrogen) atoms. The van der Waals surface area contributed by atoms with Crippen molar-refractivity contribution in [2.45, 2.75) is 12.7 Å². The van der Waals surface area contributed by atoms with Crippen molar-refractivity contribution in [2.24, 2.45) is 0 Å². The van der Waals surface area contributed by atoms with Gasteiger partial charge in [0.05, 0.1) is 13.2 Å². The molecule has 0 atom stereocenters. The van der Waals surface area contributed by atoms with Crippen molar-refractivity contribution < 1.29 is 9.47 Å². The highest BCUT2D eigenvalue weighted by Crippen LogP contribution is 2.30. The maximum atomic E-state index is 5.67. The van der Waals surface area contributed by atoms with E-state index < -0.39 is 5.79 Å². The fourth-order valence-corrected chi connectivity index (χ4v) is 1.44. The second-order valence-electron chi connectivity index (χ2n) is 3.01. The van der Waals surface area contributed by atoms with Crippen LogP contribution in [0, 0.1) is 0 Å². The molecule has 2 rings (SSSR count). The lowest BCUT2D eigenvalue weighted by Gasteiger charge is -2.21. The molecule has 0 amide bonds. The molecule has 3 nitrogen and oxygen atoms in total. The first-order valence-corrected chi connectivity index (χ1v) is 4.48. The molecule has 0 spiro atoms. The van der Waals surface area contributed by atoms with Crippen molar-refractivity contribution in [1.82, 2.24) is 4.98 Å². The zero-order valence-corrected chi connectivity index (χ0v) is 8.04. The Morgan fingerprint density at radius 2 is 2.08 bits per heavy atom. The predicted octanol–water partition coefficient (Wildman–Crippen LogP) is 1.95. The Labute approximate surface area is 81.6 Å². The van der Waals surface area contributed by atoms with E-state index >= 15 is 0 Å². The summed E-state index contributed by atoms with van der Waals surface area (Å²) in [5.41, 5.74) is 0.898. The van der Waals surface area contributed by atoms with E-state index in [1.165, 1.54) is 0 Å². The molecule has 1 fully saturated rings. The molecule has 2 heterocycles. The standard InChI is InChI=1S/C9H10ClNO2/c1-9(12-4-5-13-9)7-2-3-8(10)11-6-7/h2-3,6H,4-5H2,1H3. The lowest BCUT2D eigenvalue weighted by Crippen LogP contribution is -2.22. The van der Waals surface area contributed by atoms with Crippen LogP contribution in [-0.4, -0.2) is 18.2 Å². The maximum Gasteiger partial charge on any atom is 0.193 e. The molecular formula is C9H10ClNO2. The predicted molar refractivity (Wildman–Crippen MR) is 48.5 cm³/mol. The smallest absolute Gasteiger partial charge is 0.193 e. The van der Waals surface area contributed by atoms with Crippen LogP contribution in [0.25, 0.3) is 0 Å². The summed E-state index contributed by atoms with van der Waals surface area (Å²) in [6.07, 6.45) is 1.67. The molecular weight excluding hydrogens is 190 g/mol. The molecule has 4 heteroatoms. The summed E-state index contributed by atoms with van der Waals surface area (Å²) in [6.45, 7) is 3.13. The van der Waals surface area contributed by atoms with Crippen molar-refractivity contribution in [2.75, 3.05) is 13.2 Å². The third kappa shape index (κ3) is 1.68. The van der Waals surface area contributed by atoms with Crippen LogP contribution in [0.5, 0.6) is 0 Å². The summed E-state index contributed by atoms with van der Waals surface area (Å²) in [5.74, 6) is -0.641. The molecule has 0 N–H and O–H groups in total. The number of hydrogen-bond donors (Lipinski definition) is 0. The van der Waals surface area contributed by atoms with E-state index in [1.54, 1.807) is 12.3 Å². The molecule has 0 aliphatic carbocycles. The summed E-state index contributed by atoms with van der Waals surface area (Å²) in [4.78, 5) is 3.97. The molecule has 1 aliphatic heterocycles. The van der Waals surface area contributed by atoms with Gasteiger partial charge in [0.2, 0.25) is 0 Å². The molecule has 1 saturated heterocycles. The Kier molecular flexibility index (Phi) is 2.24. The van der Waals surface area contributed by atoms with Crippen molar-refractivity contribution in [3.8, 4) is 0 Å². The number of nitrogens with zero attached hydrogens (tertiary/aromatic N) is 1. The Hall–Kier alpha value is -0.640. The van der Waals surface area contributed by atoms with E-state index in [1.807, 2.05) is 13.0 Å². The largest absolute Gasteiger partial charge is 0.344 e. The molecule has 0 aromatic carbocycles. The zero-order chi connectivity index (χ0) is 9.31. The molecule has 0 saturated carbocycles. The van der Waals surface area contributed by atoms with Crippen LogP contribution in [0.15, 0.2) is 18.3 Å². The molecule has 0 unspecified atom stereocenters. The average Bonchev–Trinajstić information content (AvgIpc) is 2.54. The summed E-state index contributed by atoms with van der Waals surface area (Å²) in [7, 11) is 0. The van der Waals surface area contributed by atoms with Crippen LogP contribution in [0.4, 0.5) is 0 Å². The first-order valence-electron chi connectivity index (χ1n) is 4.11. The van der Waals surface area contributed by atoms with Crippen LogP contribution < -0.4 is 0 Å². The maximum absolute atomic E-state index is 5.67. The van der Waals surface area contributed by atoms with Gasteiger partial charge in [-0.2, -0.15) is 0 Å². The summed E-state index contributed by atoms with van der Waals surface area (Å²) in [6, 6.07) is 3.59. The first kappa shape index (κ1) is 8.94. The van der Waals surface area contributed by atoms with Crippen molar-refractivity contribution in [3.63, 3.8) is 0 Å².